The molecule has 0 saturated carbocycles. The Kier molecular flexibility index (Phi) is 4.15. The summed E-state index contributed by atoms with van der Waals surface area (Å²) in [4.78, 5) is 1.27. The van der Waals surface area contributed by atoms with Gasteiger partial charge in [0, 0.05) is 29.3 Å². The lowest BCUT2D eigenvalue weighted by Gasteiger charge is -2.17. The van der Waals surface area contributed by atoms with Crippen LogP contribution in [-0.4, -0.2) is 13.7 Å². The first-order valence-corrected chi connectivity index (χ1v) is 6.77. The molecule has 2 atom stereocenters. The number of thiophene rings is 1. The molecule has 92 valence electrons. The van der Waals surface area contributed by atoms with Crippen molar-refractivity contribution in [3.8, 4) is 0 Å². The van der Waals surface area contributed by atoms with E-state index in [1.807, 2.05) is 0 Å². The molecule has 2 nitrogen and oxygen atoms in total. The number of hydrogen-bond acceptors (Lipinski definition) is 3. The molecule has 1 aromatic heterocycles. The topological polar surface area (TPSA) is 35.2 Å². The van der Waals surface area contributed by atoms with E-state index < -0.39 is 0 Å². The molecule has 2 rings (SSSR count). The highest BCUT2D eigenvalue weighted by Crippen LogP contribution is 2.32. The third kappa shape index (κ3) is 2.86. The predicted molar refractivity (Wildman–Crippen MR) is 74.4 cm³/mol. The van der Waals surface area contributed by atoms with Gasteiger partial charge in [0.25, 0.3) is 0 Å². The van der Waals surface area contributed by atoms with Crippen molar-refractivity contribution in [3.05, 3.63) is 35.2 Å². The quantitative estimate of drug-likeness (QED) is 0.879. The maximum absolute atomic E-state index is 6.30. The largest absolute Gasteiger partial charge is 0.385 e. The van der Waals surface area contributed by atoms with Gasteiger partial charge in [0.2, 0.25) is 0 Å². The molecule has 0 aliphatic rings. The van der Waals surface area contributed by atoms with Gasteiger partial charge in [0.15, 0.2) is 0 Å². The molecule has 2 unspecified atom stereocenters. The molecule has 17 heavy (non-hydrogen) atoms. The van der Waals surface area contributed by atoms with Crippen LogP contribution in [0.4, 0.5) is 0 Å². The van der Waals surface area contributed by atoms with Crippen molar-refractivity contribution in [3.63, 3.8) is 0 Å². The van der Waals surface area contributed by atoms with Crippen LogP contribution in [0.2, 0.25) is 0 Å². The van der Waals surface area contributed by atoms with E-state index in [0.717, 1.165) is 13.0 Å². The molecule has 0 amide bonds. The Balaban J connectivity index is 2.15. The van der Waals surface area contributed by atoms with E-state index in [1.165, 1.54) is 15.0 Å². The standard InChI is InChI=1S/C14H19NOS/c1-10(7-8-16-2)14(15)13-9-11-5-3-4-6-12(11)17-13/h3-6,9-10,14H,7-8,15H2,1-2H3. The monoisotopic (exact) mass is 249 g/mol. The Labute approximate surface area is 106 Å². The van der Waals surface area contributed by atoms with Gasteiger partial charge in [-0.3, -0.25) is 0 Å². The molecule has 1 heterocycles. The zero-order chi connectivity index (χ0) is 12.3. The number of rotatable bonds is 5. The summed E-state index contributed by atoms with van der Waals surface area (Å²) in [5.41, 5.74) is 6.30. The van der Waals surface area contributed by atoms with E-state index in [-0.39, 0.29) is 6.04 Å². The van der Waals surface area contributed by atoms with Gasteiger partial charge >= 0.3 is 0 Å². The van der Waals surface area contributed by atoms with Crippen molar-refractivity contribution in [2.24, 2.45) is 11.7 Å². The average Bonchev–Trinajstić information content (AvgIpc) is 2.78. The van der Waals surface area contributed by atoms with Crippen LogP contribution in [0.5, 0.6) is 0 Å². The number of nitrogens with two attached hydrogens (primary N) is 1. The Morgan fingerprint density at radius 3 is 2.82 bits per heavy atom. The lowest BCUT2D eigenvalue weighted by Crippen LogP contribution is -2.19. The second-order valence-electron chi connectivity index (χ2n) is 4.47. The van der Waals surface area contributed by atoms with Crippen molar-refractivity contribution >= 4 is 21.4 Å². The number of hydrogen-bond donors (Lipinski definition) is 1. The van der Waals surface area contributed by atoms with Gasteiger partial charge in [0.1, 0.15) is 0 Å². The van der Waals surface area contributed by atoms with Crippen molar-refractivity contribution in [2.75, 3.05) is 13.7 Å². The summed E-state index contributed by atoms with van der Waals surface area (Å²) in [6.07, 6.45) is 1.01. The molecule has 2 N–H and O–H groups in total. The summed E-state index contributed by atoms with van der Waals surface area (Å²) in [7, 11) is 1.73. The lowest BCUT2D eigenvalue weighted by molar-refractivity contribution is 0.175. The molecule has 1 aromatic carbocycles. The van der Waals surface area contributed by atoms with Crippen molar-refractivity contribution < 1.29 is 4.74 Å². The van der Waals surface area contributed by atoms with Crippen LogP contribution in [0.3, 0.4) is 0 Å². The van der Waals surface area contributed by atoms with E-state index in [9.17, 15) is 0 Å². The fourth-order valence-electron chi connectivity index (χ4n) is 1.93. The van der Waals surface area contributed by atoms with Gasteiger partial charge in [0.05, 0.1) is 0 Å². The molecule has 0 saturated heterocycles. The van der Waals surface area contributed by atoms with Crippen LogP contribution in [0.15, 0.2) is 30.3 Å². The summed E-state index contributed by atoms with van der Waals surface area (Å²) in [6, 6.07) is 10.8. The summed E-state index contributed by atoms with van der Waals surface area (Å²) in [5.74, 6) is 0.447. The van der Waals surface area contributed by atoms with Gasteiger partial charge < -0.3 is 10.5 Å². The minimum Gasteiger partial charge on any atom is -0.385 e. The number of ether oxygens (including phenoxy) is 1. The predicted octanol–water partition coefficient (Wildman–Crippen LogP) is 3.57. The fourth-order valence-corrected chi connectivity index (χ4v) is 3.13. The first kappa shape index (κ1) is 12.6. The summed E-state index contributed by atoms with van der Waals surface area (Å²) in [6.45, 7) is 2.97. The Morgan fingerprint density at radius 2 is 2.12 bits per heavy atom. The van der Waals surface area contributed by atoms with Crippen LogP contribution >= 0.6 is 11.3 Å². The van der Waals surface area contributed by atoms with Gasteiger partial charge in [-0.25, -0.2) is 0 Å². The molecule has 0 spiro atoms. The van der Waals surface area contributed by atoms with E-state index in [1.54, 1.807) is 18.4 Å². The van der Waals surface area contributed by atoms with Crippen molar-refractivity contribution in [1.82, 2.24) is 0 Å². The second-order valence-corrected chi connectivity index (χ2v) is 5.59. The SMILES string of the molecule is COCCC(C)C(N)c1cc2ccccc2s1. The van der Waals surface area contributed by atoms with E-state index in [2.05, 4.69) is 37.3 Å². The van der Waals surface area contributed by atoms with Crippen LogP contribution < -0.4 is 5.73 Å². The van der Waals surface area contributed by atoms with E-state index in [4.69, 9.17) is 10.5 Å². The molecule has 2 aromatic rings. The van der Waals surface area contributed by atoms with Crippen molar-refractivity contribution in [1.29, 1.82) is 0 Å². The fraction of sp³-hybridized carbons (Fsp3) is 0.429. The van der Waals surface area contributed by atoms with Gasteiger partial charge in [-0.2, -0.15) is 0 Å². The summed E-state index contributed by atoms with van der Waals surface area (Å²) in [5, 5.41) is 1.29. The zero-order valence-electron chi connectivity index (χ0n) is 10.3. The maximum atomic E-state index is 6.30. The third-order valence-corrected chi connectivity index (χ3v) is 4.38. The Morgan fingerprint density at radius 1 is 1.35 bits per heavy atom. The minimum atomic E-state index is 0.113. The average molecular weight is 249 g/mol. The first-order chi connectivity index (χ1) is 8.22. The molecule has 0 aliphatic heterocycles. The van der Waals surface area contributed by atoms with E-state index in [0.29, 0.717) is 5.92 Å². The van der Waals surface area contributed by atoms with Crippen LogP contribution in [0.25, 0.3) is 10.1 Å². The summed E-state index contributed by atoms with van der Waals surface area (Å²) >= 11 is 1.80. The van der Waals surface area contributed by atoms with Gasteiger partial charge in [-0.1, -0.05) is 25.1 Å². The zero-order valence-corrected chi connectivity index (χ0v) is 11.2. The maximum Gasteiger partial charge on any atom is 0.0465 e. The Bertz CT molecular complexity index is 447. The molecule has 0 bridgehead atoms. The minimum absolute atomic E-state index is 0.113. The molecular weight excluding hydrogens is 230 g/mol. The van der Waals surface area contributed by atoms with Gasteiger partial charge in [-0.15, -0.1) is 11.3 Å². The molecule has 0 aliphatic carbocycles. The van der Waals surface area contributed by atoms with Gasteiger partial charge in [-0.05, 0) is 29.9 Å². The number of benzene rings is 1. The van der Waals surface area contributed by atoms with Crippen LogP contribution in [-0.2, 0) is 4.74 Å². The third-order valence-electron chi connectivity index (χ3n) is 3.16. The summed E-state index contributed by atoms with van der Waals surface area (Å²) < 4.78 is 6.42. The molecule has 0 radical (unpaired) electrons. The smallest absolute Gasteiger partial charge is 0.0465 e. The highest BCUT2D eigenvalue weighted by atomic mass is 32.1. The number of methoxy groups -OCH3 is 1. The Hall–Kier alpha value is -0.900. The highest BCUT2D eigenvalue weighted by Gasteiger charge is 2.16. The second kappa shape index (κ2) is 5.63. The molecule has 3 heteroatoms. The lowest BCUT2D eigenvalue weighted by atomic mass is 9.98. The number of fused-ring (bicyclic) bond motifs is 1. The highest BCUT2D eigenvalue weighted by molar-refractivity contribution is 7.19. The van der Waals surface area contributed by atoms with E-state index >= 15 is 0 Å². The molecule has 0 fully saturated rings. The first-order valence-electron chi connectivity index (χ1n) is 5.95. The van der Waals surface area contributed by atoms with Crippen molar-refractivity contribution in [2.45, 2.75) is 19.4 Å². The van der Waals surface area contributed by atoms with Crippen LogP contribution in [0, 0.1) is 5.92 Å². The van der Waals surface area contributed by atoms with Crippen LogP contribution in [0.1, 0.15) is 24.3 Å². The molecular formula is C14H19NOS. The normalized spacial score (nSPS) is 15.0.